The Balaban J connectivity index is 1.93. The summed E-state index contributed by atoms with van der Waals surface area (Å²) in [5, 5.41) is 6.05. The third-order valence-corrected chi connectivity index (χ3v) is 2.73. The molecule has 0 saturated carbocycles. The van der Waals surface area contributed by atoms with Crippen LogP contribution in [-0.4, -0.2) is 31.3 Å². The largest absolute Gasteiger partial charge is 0.444 e. The molecule has 0 unspecified atom stereocenters. The van der Waals surface area contributed by atoms with Crippen molar-refractivity contribution in [1.82, 2.24) is 10.6 Å². The van der Waals surface area contributed by atoms with Crippen molar-refractivity contribution in [3.8, 4) is 0 Å². The number of allylic oxidation sites excluding steroid dienone is 1. The molecule has 1 amide bonds. The molecule has 0 heterocycles. The van der Waals surface area contributed by atoms with Gasteiger partial charge in [0.15, 0.2) is 0 Å². The first-order chi connectivity index (χ1) is 8.47. The van der Waals surface area contributed by atoms with Gasteiger partial charge in [-0.05, 0) is 53.0 Å². The molecule has 0 atom stereocenters. The molecule has 0 aliphatic heterocycles. The number of rotatable bonds is 6. The zero-order valence-electron chi connectivity index (χ0n) is 11.8. The summed E-state index contributed by atoms with van der Waals surface area (Å²) < 4.78 is 5.14. The van der Waals surface area contributed by atoms with Gasteiger partial charge < -0.3 is 15.4 Å². The summed E-state index contributed by atoms with van der Waals surface area (Å²) in [7, 11) is 0. The molecule has 0 bridgehead atoms. The highest BCUT2D eigenvalue weighted by atomic mass is 16.6. The van der Waals surface area contributed by atoms with Gasteiger partial charge in [-0.25, -0.2) is 4.79 Å². The molecule has 4 heteroatoms. The molecule has 18 heavy (non-hydrogen) atoms. The van der Waals surface area contributed by atoms with Crippen LogP contribution in [-0.2, 0) is 4.74 Å². The number of alkyl carbamates (subject to hydrolysis) is 1. The van der Waals surface area contributed by atoms with Gasteiger partial charge in [-0.2, -0.15) is 0 Å². The SMILES string of the molecule is CC(C)(C)OC(=O)NCCNCCC1=CCCC1. The van der Waals surface area contributed by atoms with Crippen LogP contribution >= 0.6 is 0 Å². The minimum absolute atomic E-state index is 0.345. The van der Waals surface area contributed by atoms with Crippen molar-refractivity contribution in [3.63, 3.8) is 0 Å². The van der Waals surface area contributed by atoms with E-state index in [1.165, 1.54) is 19.3 Å². The van der Waals surface area contributed by atoms with Crippen LogP contribution in [0.15, 0.2) is 11.6 Å². The number of ether oxygens (including phenoxy) is 1. The van der Waals surface area contributed by atoms with Gasteiger partial charge in [-0.3, -0.25) is 0 Å². The van der Waals surface area contributed by atoms with Crippen LogP contribution < -0.4 is 10.6 Å². The van der Waals surface area contributed by atoms with E-state index in [2.05, 4.69) is 16.7 Å². The number of amides is 1. The van der Waals surface area contributed by atoms with Gasteiger partial charge in [0.25, 0.3) is 0 Å². The molecule has 104 valence electrons. The van der Waals surface area contributed by atoms with Crippen molar-refractivity contribution in [2.24, 2.45) is 0 Å². The Labute approximate surface area is 110 Å². The highest BCUT2D eigenvalue weighted by Crippen LogP contribution is 2.19. The maximum Gasteiger partial charge on any atom is 0.407 e. The summed E-state index contributed by atoms with van der Waals surface area (Å²) in [5.74, 6) is 0. The van der Waals surface area contributed by atoms with Crippen molar-refractivity contribution >= 4 is 6.09 Å². The topological polar surface area (TPSA) is 50.4 Å². The predicted molar refractivity (Wildman–Crippen MR) is 73.7 cm³/mol. The monoisotopic (exact) mass is 254 g/mol. The second kappa shape index (κ2) is 7.41. The van der Waals surface area contributed by atoms with Crippen molar-refractivity contribution in [1.29, 1.82) is 0 Å². The maximum absolute atomic E-state index is 11.3. The minimum atomic E-state index is -0.424. The van der Waals surface area contributed by atoms with Crippen molar-refractivity contribution < 1.29 is 9.53 Å². The Hall–Kier alpha value is -1.03. The van der Waals surface area contributed by atoms with E-state index in [9.17, 15) is 4.79 Å². The van der Waals surface area contributed by atoms with Crippen LogP contribution in [0.25, 0.3) is 0 Å². The van der Waals surface area contributed by atoms with E-state index in [4.69, 9.17) is 4.74 Å². The van der Waals surface area contributed by atoms with Crippen LogP contribution in [0.1, 0.15) is 46.5 Å². The van der Waals surface area contributed by atoms with E-state index in [1.807, 2.05) is 20.8 Å². The smallest absolute Gasteiger partial charge is 0.407 e. The summed E-state index contributed by atoms with van der Waals surface area (Å²) in [6.07, 6.45) is 6.96. The van der Waals surface area contributed by atoms with Crippen molar-refractivity contribution in [3.05, 3.63) is 11.6 Å². The maximum atomic E-state index is 11.3. The summed E-state index contributed by atoms with van der Waals surface area (Å²) in [5.41, 5.74) is 1.15. The zero-order valence-corrected chi connectivity index (χ0v) is 11.8. The van der Waals surface area contributed by atoms with Crippen LogP contribution in [0, 0.1) is 0 Å². The minimum Gasteiger partial charge on any atom is -0.444 e. The third kappa shape index (κ3) is 7.33. The lowest BCUT2D eigenvalue weighted by Crippen LogP contribution is -2.36. The highest BCUT2D eigenvalue weighted by molar-refractivity contribution is 5.67. The molecule has 2 N–H and O–H groups in total. The molecule has 1 aliphatic carbocycles. The molecule has 1 rings (SSSR count). The molecule has 0 aromatic heterocycles. The summed E-state index contributed by atoms with van der Waals surface area (Å²) in [6.45, 7) is 7.96. The molecule has 0 aromatic rings. The third-order valence-electron chi connectivity index (χ3n) is 2.73. The quantitative estimate of drug-likeness (QED) is 0.566. The lowest BCUT2D eigenvalue weighted by molar-refractivity contribution is 0.0528. The van der Waals surface area contributed by atoms with E-state index < -0.39 is 5.60 Å². The highest BCUT2D eigenvalue weighted by Gasteiger charge is 2.15. The molecule has 0 saturated heterocycles. The number of carbonyl (C=O) groups is 1. The summed E-state index contributed by atoms with van der Waals surface area (Å²) >= 11 is 0. The summed E-state index contributed by atoms with van der Waals surface area (Å²) in [4.78, 5) is 11.3. The van der Waals surface area contributed by atoms with Crippen molar-refractivity contribution in [2.75, 3.05) is 19.6 Å². The molecule has 0 radical (unpaired) electrons. The Morgan fingerprint density at radius 1 is 1.33 bits per heavy atom. The average Bonchev–Trinajstić information content (AvgIpc) is 2.73. The van der Waals surface area contributed by atoms with Gasteiger partial charge in [0.05, 0.1) is 0 Å². The fraction of sp³-hybridized carbons (Fsp3) is 0.786. The molecule has 1 aliphatic rings. The molecule has 0 aromatic carbocycles. The second-order valence-electron chi connectivity index (χ2n) is 5.68. The average molecular weight is 254 g/mol. The van der Waals surface area contributed by atoms with Gasteiger partial charge in [0.2, 0.25) is 0 Å². The van der Waals surface area contributed by atoms with Gasteiger partial charge >= 0.3 is 6.09 Å². The Bertz CT molecular complexity index is 293. The Morgan fingerprint density at radius 3 is 2.72 bits per heavy atom. The zero-order chi connectivity index (χ0) is 13.4. The molecule has 4 nitrogen and oxygen atoms in total. The standard InChI is InChI=1S/C14H26N2O2/c1-14(2,3)18-13(17)16-11-10-15-9-8-12-6-4-5-7-12/h6,15H,4-5,7-11H2,1-3H3,(H,16,17). The lowest BCUT2D eigenvalue weighted by atomic mass is 10.2. The first-order valence-corrected chi connectivity index (χ1v) is 6.83. The van der Waals surface area contributed by atoms with Crippen molar-refractivity contribution in [2.45, 2.75) is 52.1 Å². The normalized spacial score (nSPS) is 15.4. The molecule has 0 fully saturated rings. The number of carbonyl (C=O) groups excluding carboxylic acids is 1. The van der Waals surface area contributed by atoms with E-state index in [1.54, 1.807) is 5.57 Å². The first-order valence-electron chi connectivity index (χ1n) is 6.83. The van der Waals surface area contributed by atoms with E-state index in [0.29, 0.717) is 6.54 Å². The van der Waals surface area contributed by atoms with E-state index in [0.717, 1.165) is 19.5 Å². The van der Waals surface area contributed by atoms with Gasteiger partial charge in [-0.15, -0.1) is 0 Å². The Morgan fingerprint density at radius 2 is 2.11 bits per heavy atom. The number of hydrogen-bond donors (Lipinski definition) is 2. The summed E-state index contributed by atoms with van der Waals surface area (Å²) in [6, 6.07) is 0. The van der Waals surface area contributed by atoms with Crippen LogP contribution in [0.2, 0.25) is 0 Å². The Kier molecular flexibility index (Phi) is 6.19. The van der Waals surface area contributed by atoms with Crippen LogP contribution in [0.4, 0.5) is 4.79 Å². The molecule has 0 spiro atoms. The van der Waals surface area contributed by atoms with E-state index in [-0.39, 0.29) is 6.09 Å². The fourth-order valence-corrected chi connectivity index (χ4v) is 1.91. The van der Waals surface area contributed by atoms with Crippen LogP contribution in [0.3, 0.4) is 0 Å². The van der Waals surface area contributed by atoms with Gasteiger partial charge in [-0.1, -0.05) is 11.6 Å². The number of hydrogen-bond acceptors (Lipinski definition) is 3. The van der Waals surface area contributed by atoms with Crippen LogP contribution in [0.5, 0.6) is 0 Å². The van der Waals surface area contributed by atoms with Gasteiger partial charge in [0.1, 0.15) is 5.60 Å². The molecular weight excluding hydrogens is 228 g/mol. The number of nitrogens with one attached hydrogen (secondary N) is 2. The second-order valence-corrected chi connectivity index (χ2v) is 5.68. The first kappa shape index (κ1) is 15.0. The fourth-order valence-electron chi connectivity index (χ4n) is 1.91. The van der Waals surface area contributed by atoms with E-state index >= 15 is 0 Å². The van der Waals surface area contributed by atoms with Gasteiger partial charge in [0, 0.05) is 13.1 Å². The lowest BCUT2D eigenvalue weighted by Gasteiger charge is -2.19. The predicted octanol–water partition coefficient (Wildman–Crippen LogP) is 2.60. The molecular formula is C14H26N2O2.